The monoisotopic (exact) mass is 511 g/mol. The van der Waals surface area contributed by atoms with Gasteiger partial charge in [-0.05, 0) is 48.1 Å². The summed E-state index contributed by atoms with van der Waals surface area (Å²) in [4.78, 5) is 42.7. The molecule has 0 unspecified atom stereocenters. The number of hydrogen-bond acceptors (Lipinski definition) is 3. The van der Waals surface area contributed by atoms with Gasteiger partial charge in [0.15, 0.2) is 0 Å². The second-order valence-electron chi connectivity index (χ2n) is 9.16. The molecule has 1 aliphatic heterocycles. The van der Waals surface area contributed by atoms with Gasteiger partial charge < -0.3 is 10.2 Å². The summed E-state index contributed by atoms with van der Waals surface area (Å²) in [7, 11) is 0. The molecule has 0 radical (unpaired) electrons. The molecule has 35 heavy (non-hydrogen) atoms. The van der Waals surface area contributed by atoms with Crippen molar-refractivity contribution in [1.82, 2.24) is 10.2 Å². The molecule has 182 valence electrons. The van der Waals surface area contributed by atoms with Gasteiger partial charge in [-0.3, -0.25) is 19.3 Å². The van der Waals surface area contributed by atoms with Crippen LogP contribution in [0, 0.1) is 5.92 Å². The van der Waals surface area contributed by atoms with E-state index in [0.29, 0.717) is 27.8 Å². The molecule has 3 amide bonds. The van der Waals surface area contributed by atoms with E-state index in [1.54, 1.807) is 31.2 Å². The highest BCUT2D eigenvalue weighted by Crippen LogP contribution is 2.37. The summed E-state index contributed by atoms with van der Waals surface area (Å²) in [6, 6.07) is 15.6. The SMILES string of the molecule is CC(C)CNC(=O)[C@@H](C)N(Cc1ccc(Cl)c(Cl)c1)C(=O)CN1C(=O)c2cccc3cccc1c23. The van der Waals surface area contributed by atoms with Crippen LogP contribution in [0.2, 0.25) is 10.0 Å². The first kappa shape index (κ1) is 25.0. The number of anilines is 1. The summed E-state index contributed by atoms with van der Waals surface area (Å²) >= 11 is 12.2. The highest BCUT2D eigenvalue weighted by molar-refractivity contribution is 6.42. The number of carbonyl (C=O) groups excluding carboxylic acids is 3. The van der Waals surface area contributed by atoms with E-state index in [2.05, 4.69) is 5.32 Å². The Morgan fingerprint density at radius 2 is 1.71 bits per heavy atom. The van der Waals surface area contributed by atoms with E-state index in [4.69, 9.17) is 23.2 Å². The molecule has 1 atom stereocenters. The second kappa shape index (κ2) is 10.3. The van der Waals surface area contributed by atoms with Crippen molar-refractivity contribution in [3.05, 3.63) is 75.8 Å². The van der Waals surface area contributed by atoms with E-state index in [-0.39, 0.29) is 36.7 Å². The largest absolute Gasteiger partial charge is 0.354 e. The Kier molecular flexibility index (Phi) is 7.33. The van der Waals surface area contributed by atoms with Crippen LogP contribution in [0.15, 0.2) is 54.6 Å². The van der Waals surface area contributed by atoms with Crippen LogP contribution in [-0.4, -0.2) is 41.8 Å². The molecule has 0 aliphatic carbocycles. The third-order valence-electron chi connectivity index (χ3n) is 6.13. The Morgan fingerprint density at radius 3 is 2.40 bits per heavy atom. The van der Waals surface area contributed by atoms with Crippen molar-refractivity contribution >= 4 is 57.4 Å². The third-order valence-corrected chi connectivity index (χ3v) is 6.87. The lowest BCUT2D eigenvalue weighted by Crippen LogP contribution is -2.51. The molecule has 3 aromatic rings. The maximum atomic E-state index is 13.6. The molecule has 0 aromatic heterocycles. The average Bonchev–Trinajstić information content (AvgIpc) is 3.10. The predicted octanol–water partition coefficient (Wildman–Crippen LogP) is 5.30. The van der Waals surface area contributed by atoms with Crippen LogP contribution in [0.25, 0.3) is 10.8 Å². The molecule has 3 aromatic carbocycles. The topological polar surface area (TPSA) is 69.7 Å². The van der Waals surface area contributed by atoms with Crippen molar-refractivity contribution < 1.29 is 14.4 Å². The lowest BCUT2D eigenvalue weighted by atomic mass is 10.1. The number of amides is 3. The molecule has 4 rings (SSSR count). The molecular weight excluding hydrogens is 485 g/mol. The number of nitrogens with zero attached hydrogens (tertiary/aromatic N) is 2. The molecule has 0 bridgehead atoms. The average molecular weight is 512 g/mol. The van der Waals surface area contributed by atoms with Gasteiger partial charge in [0.05, 0.1) is 15.7 Å². The Hall–Kier alpha value is -3.09. The van der Waals surface area contributed by atoms with Gasteiger partial charge in [-0.25, -0.2) is 0 Å². The summed E-state index contributed by atoms with van der Waals surface area (Å²) in [6.07, 6.45) is 0. The maximum Gasteiger partial charge on any atom is 0.259 e. The van der Waals surface area contributed by atoms with Gasteiger partial charge in [-0.1, -0.05) is 67.4 Å². The standard InChI is InChI=1S/C27H27Cl2N3O3/c1-16(2)13-30-26(34)17(3)31(14-18-10-11-21(28)22(29)12-18)24(33)15-32-23-9-5-7-19-6-4-8-20(25(19)23)27(32)35/h4-12,16-17H,13-15H2,1-3H3,(H,30,34)/t17-/m1/s1. The molecule has 8 heteroatoms. The smallest absolute Gasteiger partial charge is 0.259 e. The van der Waals surface area contributed by atoms with Crippen molar-refractivity contribution in [2.24, 2.45) is 5.92 Å². The number of halogens is 2. The van der Waals surface area contributed by atoms with E-state index >= 15 is 0 Å². The molecule has 0 spiro atoms. The van der Waals surface area contributed by atoms with Gasteiger partial charge >= 0.3 is 0 Å². The fraction of sp³-hybridized carbons (Fsp3) is 0.296. The summed E-state index contributed by atoms with van der Waals surface area (Å²) in [5.41, 5.74) is 2.00. The van der Waals surface area contributed by atoms with E-state index in [9.17, 15) is 14.4 Å². The fourth-order valence-corrected chi connectivity index (χ4v) is 4.55. The molecule has 1 aliphatic rings. The minimum absolute atomic E-state index is 0.144. The zero-order valence-electron chi connectivity index (χ0n) is 19.8. The van der Waals surface area contributed by atoms with Crippen molar-refractivity contribution in [3.63, 3.8) is 0 Å². The van der Waals surface area contributed by atoms with Gasteiger partial charge in [-0.15, -0.1) is 0 Å². The Labute approximate surface area is 214 Å². The van der Waals surface area contributed by atoms with Crippen LogP contribution in [0.5, 0.6) is 0 Å². The third kappa shape index (κ3) is 5.14. The van der Waals surface area contributed by atoms with Gasteiger partial charge in [0.2, 0.25) is 11.8 Å². The minimum atomic E-state index is -0.758. The quantitative estimate of drug-likeness (QED) is 0.446. The van der Waals surface area contributed by atoms with Gasteiger partial charge in [-0.2, -0.15) is 0 Å². The zero-order chi connectivity index (χ0) is 25.3. The summed E-state index contributed by atoms with van der Waals surface area (Å²) in [5, 5.41) is 5.45. The van der Waals surface area contributed by atoms with Crippen molar-refractivity contribution in [2.45, 2.75) is 33.4 Å². The lowest BCUT2D eigenvalue weighted by molar-refractivity contribution is -0.139. The van der Waals surface area contributed by atoms with Gasteiger partial charge in [0.25, 0.3) is 5.91 Å². The number of nitrogens with one attached hydrogen (secondary N) is 1. The number of rotatable bonds is 8. The Balaban J connectivity index is 1.62. The first-order valence-corrected chi connectivity index (χ1v) is 12.3. The Bertz CT molecular complexity index is 1300. The first-order valence-electron chi connectivity index (χ1n) is 11.5. The summed E-state index contributed by atoms with van der Waals surface area (Å²) in [6.45, 7) is 6.15. The predicted molar refractivity (Wildman–Crippen MR) is 140 cm³/mol. The van der Waals surface area contributed by atoms with Crippen LogP contribution in [-0.2, 0) is 16.1 Å². The maximum absolute atomic E-state index is 13.6. The van der Waals surface area contributed by atoms with E-state index < -0.39 is 6.04 Å². The van der Waals surface area contributed by atoms with E-state index in [0.717, 1.165) is 16.3 Å². The molecule has 0 fully saturated rings. The van der Waals surface area contributed by atoms with Crippen LogP contribution < -0.4 is 10.2 Å². The van der Waals surface area contributed by atoms with Gasteiger partial charge in [0, 0.05) is 24.0 Å². The first-order chi connectivity index (χ1) is 16.7. The summed E-state index contributed by atoms with van der Waals surface area (Å²) < 4.78 is 0. The molecule has 1 heterocycles. The van der Waals surface area contributed by atoms with E-state index in [1.165, 1.54) is 9.80 Å². The second-order valence-corrected chi connectivity index (χ2v) is 9.97. The van der Waals surface area contributed by atoms with Crippen LogP contribution in [0.1, 0.15) is 36.7 Å². The number of hydrogen-bond donors (Lipinski definition) is 1. The molecular formula is C27H27Cl2N3O3. The minimum Gasteiger partial charge on any atom is -0.354 e. The molecule has 6 nitrogen and oxygen atoms in total. The van der Waals surface area contributed by atoms with Crippen molar-refractivity contribution in [2.75, 3.05) is 18.0 Å². The molecule has 0 saturated heterocycles. The molecule has 0 saturated carbocycles. The van der Waals surface area contributed by atoms with Crippen LogP contribution in [0.4, 0.5) is 5.69 Å². The fourth-order valence-electron chi connectivity index (χ4n) is 4.23. The zero-order valence-corrected chi connectivity index (χ0v) is 21.4. The van der Waals surface area contributed by atoms with Crippen molar-refractivity contribution in [3.8, 4) is 0 Å². The Morgan fingerprint density at radius 1 is 1.00 bits per heavy atom. The highest BCUT2D eigenvalue weighted by Gasteiger charge is 2.34. The lowest BCUT2D eigenvalue weighted by Gasteiger charge is -2.31. The summed E-state index contributed by atoms with van der Waals surface area (Å²) in [5.74, 6) is -0.560. The van der Waals surface area contributed by atoms with Crippen LogP contribution in [0.3, 0.4) is 0 Å². The van der Waals surface area contributed by atoms with Crippen molar-refractivity contribution in [1.29, 1.82) is 0 Å². The van der Waals surface area contributed by atoms with Gasteiger partial charge in [0.1, 0.15) is 12.6 Å². The van der Waals surface area contributed by atoms with Crippen LogP contribution >= 0.6 is 23.2 Å². The normalized spacial score (nSPS) is 13.4. The number of carbonyl (C=O) groups is 3. The number of benzene rings is 3. The van der Waals surface area contributed by atoms with E-state index in [1.807, 2.05) is 44.2 Å². The molecule has 1 N–H and O–H groups in total. The highest BCUT2D eigenvalue weighted by atomic mass is 35.5.